The van der Waals surface area contributed by atoms with Crippen LogP contribution in [-0.2, 0) is 9.53 Å². The van der Waals surface area contributed by atoms with Crippen molar-refractivity contribution in [3.05, 3.63) is 0 Å². The third-order valence-electron chi connectivity index (χ3n) is 2.16. The Balaban J connectivity index is 0. The van der Waals surface area contributed by atoms with E-state index in [9.17, 15) is 4.79 Å². The minimum atomic E-state index is -0.356. The van der Waals surface area contributed by atoms with E-state index in [4.69, 9.17) is 21.9 Å². The second kappa shape index (κ2) is 13.8. The van der Waals surface area contributed by atoms with Crippen molar-refractivity contribution in [2.24, 2.45) is 17.2 Å². The average molecular weight is 275 g/mol. The molecule has 0 saturated heterocycles. The van der Waals surface area contributed by atoms with E-state index in [0.717, 1.165) is 45.2 Å². The van der Waals surface area contributed by atoms with E-state index < -0.39 is 0 Å². The molecule has 0 unspecified atom stereocenters. The second-order valence-electron chi connectivity index (χ2n) is 5.47. The van der Waals surface area contributed by atoms with Crippen molar-refractivity contribution in [2.75, 3.05) is 19.6 Å². The summed E-state index contributed by atoms with van der Waals surface area (Å²) in [5, 5.41) is 0. The zero-order chi connectivity index (χ0) is 15.1. The molecule has 0 atom stereocenters. The highest BCUT2D eigenvalue weighted by Crippen LogP contribution is 2.10. The standard InChI is InChI=1S/C10H21NO2.C4H12N2/c1-10(2,3)13-9(12)7-5-4-6-8-11;5-3-1-2-4-6/h4-8,11H2,1-3H3;1-6H2. The largest absolute Gasteiger partial charge is 0.460 e. The highest BCUT2D eigenvalue weighted by atomic mass is 16.6. The summed E-state index contributed by atoms with van der Waals surface area (Å²) in [5.74, 6) is -0.107. The smallest absolute Gasteiger partial charge is 0.306 e. The third kappa shape index (κ3) is 22.9. The lowest BCUT2D eigenvalue weighted by atomic mass is 10.1. The molecule has 5 nitrogen and oxygen atoms in total. The van der Waals surface area contributed by atoms with Crippen molar-refractivity contribution in [2.45, 2.75) is 64.9 Å². The first-order chi connectivity index (χ1) is 8.87. The van der Waals surface area contributed by atoms with Gasteiger partial charge in [-0.05, 0) is 66.1 Å². The van der Waals surface area contributed by atoms with Gasteiger partial charge in [-0.3, -0.25) is 4.79 Å². The Morgan fingerprint density at radius 2 is 1.26 bits per heavy atom. The van der Waals surface area contributed by atoms with Crippen molar-refractivity contribution in [1.82, 2.24) is 0 Å². The van der Waals surface area contributed by atoms with Crippen molar-refractivity contribution in [3.8, 4) is 0 Å². The van der Waals surface area contributed by atoms with Crippen LogP contribution in [0.1, 0.15) is 59.3 Å². The molecule has 0 heterocycles. The number of carbonyl (C=O) groups excluding carboxylic acids is 1. The Kier molecular flexibility index (Phi) is 15.0. The predicted octanol–water partition coefficient (Wildman–Crippen LogP) is 1.53. The van der Waals surface area contributed by atoms with Crippen molar-refractivity contribution in [3.63, 3.8) is 0 Å². The van der Waals surface area contributed by atoms with Crippen LogP contribution in [0.2, 0.25) is 0 Å². The van der Waals surface area contributed by atoms with Crippen molar-refractivity contribution < 1.29 is 9.53 Å². The number of ether oxygens (including phenoxy) is 1. The quantitative estimate of drug-likeness (QED) is 0.460. The third-order valence-corrected chi connectivity index (χ3v) is 2.16. The van der Waals surface area contributed by atoms with Gasteiger partial charge >= 0.3 is 5.97 Å². The number of carbonyl (C=O) groups is 1. The first-order valence-electron chi connectivity index (χ1n) is 7.19. The van der Waals surface area contributed by atoms with E-state index in [2.05, 4.69) is 0 Å². The van der Waals surface area contributed by atoms with E-state index in [-0.39, 0.29) is 11.6 Å². The Bertz CT molecular complexity index is 199. The molecule has 116 valence electrons. The summed E-state index contributed by atoms with van der Waals surface area (Å²) in [7, 11) is 0. The fourth-order valence-electron chi connectivity index (χ4n) is 1.27. The van der Waals surface area contributed by atoms with Crippen LogP contribution in [0, 0.1) is 0 Å². The maximum absolute atomic E-state index is 11.2. The maximum Gasteiger partial charge on any atom is 0.306 e. The molecule has 5 heteroatoms. The molecule has 0 fully saturated rings. The molecule has 0 spiro atoms. The van der Waals surface area contributed by atoms with Gasteiger partial charge in [-0.25, -0.2) is 0 Å². The Morgan fingerprint density at radius 3 is 1.63 bits per heavy atom. The van der Waals surface area contributed by atoms with E-state index in [1.165, 1.54) is 0 Å². The van der Waals surface area contributed by atoms with E-state index in [1.54, 1.807) is 0 Å². The molecule has 0 amide bonds. The Labute approximate surface area is 118 Å². The number of hydrogen-bond acceptors (Lipinski definition) is 5. The lowest BCUT2D eigenvalue weighted by molar-refractivity contribution is -0.154. The molecule has 6 N–H and O–H groups in total. The van der Waals surface area contributed by atoms with E-state index in [1.807, 2.05) is 20.8 Å². The molecule has 0 bridgehead atoms. The molecule has 0 aliphatic carbocycles. The molecule has 0 rings (SSSR count). The molecule has 0 saturated carbocycles. The number of nitrogens with two attached hydrogens (primary N) is 3. The minimum Gasteiger partial charge on any atom is -0.460 e. The van der Waals surface area contributed by atoms with Gasteiger partial charge in [0.15, 0.2) is 0 Å². The summed E-state index contributed by atoms with van der Waals surface area (Å²) in [6, 6.07) is 0. The van der Waals surface area contributed by atoms with Crippen molar-refractivity contribution in [1.29, 1.82) is 0 Å². The van der Waals surface area contributed by atoms with Gasteiger partial charge in [0.05, 0.1) is 0 Å². The molecule has 0 aliphatic rings. The molecular formula is C14H33N3O2. The number of unbranched alkanes of at least 4 members (excludes halogenated alkanes) is 3. The van der Waals surface area contributed by atoms with Gasteiger partial charge in [-0.15, -0.1) is 0 Å². The predicted molar refractivity (Wildman–Crippen MR) is 80.7 cm³/mol. The molecule has 0 radical (unpaired) electrons. The number of rotatable bonds is 8. The van der Waals surface area contributed by atoms with Crippen LogP contribution in [0.5, 0.6) is 0 Å². The van der Waals surface area contributed by atoms with Gasteiger partial charge in [0, 0.05) is 6.42 Å². The normalized spacial score (nSPS) is 10.6. The monoisotopic (exact) mass is 275 g/mol. The van der Waals surface area contributed by atoms with Crippen molar-refractivity contribution >= 4 is 5.97 Å². The Morgan fingerprint density at radius 1 is 0.842 bits per heavy atom. The van der Waals surface area contributed by atoms with Crippen LogP contribution in [0.15, 0.2) is 0 Å². The van der Waals surface area contributed by atoms with Gasteiger partial charge in [0.2, 0.25) is 0 Å². The number of esters is 1. The van der Waals surface area contributed by atoms with Crippen LogP contribution in [-0.4, -0.2) is 31.2 Å². The molecular weight excluding hydrogens is 242 g/mol. The fraction of sp³-hybridized carbons (Fsp3) is 0.929. The van der Waals surface area contributed by atoms with Gasteiger partial charge in [0.1, 0.15) is 5.60 Å². The second-order valence-corrected chi connectivity index (χ2v) is 5.47. The van der Waals surface area contributed by atoms with E-state index in [0.29, 0.717) is 13.0 Å². The lowest BCUT2D eigenvalue weighted by Gasteiger charge is -2.19. The first kappa shape index (κ1) is 20.7. The van der Waals surface area contributed by atoms with Gasteiger partial charge < -0.3 is 21.9 Å². The summed E-state index contributed by atoms with van der Waals surface area (Å²) in [4.78, 5) is 11.2. The van der Waals surface area contributed by atoms with Crippen LogP contribution < -0.4 is 17.2 Å². The minimum absolute atomic E-state index is 0.107. The van der Waals surface area contributed by atoms with Gasteiger partial charge in [-0.1, -0.05) is 6.42 Å². The first-order valence-corrected chi connectivity index (χ1v) is 7.19. The summed E-state index contributed by atoms with van der Waals surface area (Å²) >= 11 is 0. The topological polar surface area (TPSA) is 104 Å². The maximum atomic E-state index is 11.2. The summed E-state index contributed by atoms with van der Waals surface area (Å²) in [5.41, 5.74) is 15.3. The highest BCUT2D eigenvalue weighted by molar-refractivity contribution is 5.69. The molecule has 0 aromatic carbocycles. The van der Waals surface area contributed by atoms with Crippen LogP contribution in [0.4, 0.5) is 0 Å². The average Bonchev–Trinajstić information content (AvgIpc) is 2.31. The fourth-order valence-corrected chi connectivity index (χ4v) is 1.27. The summed E-state index contributed by atoms with van der Waals surface area (Å²) in [6.45, 7) is 7.89. The zero-order valence-corrected chi connectivity index (χ0v) is 12.9. The zero-order valence-electron chi connectivity index (χ0n) is 12.9. The summed E-state index contributed by atoms with van der Waals surface area (Å²) in [6.07, 6.45) is 5.52. The number of hydrogen-bond donors (Lipinski definition) is 3. The molecule has 0 aromatic heterocycles. The van der Waals surface area contributed by atoms with E-state index >= 15 is 0 Å². The van der Waals surface area contributed by atoms with Crippen LogP contribution in [0.3, 0.4) is 0 Å². The summed E-state index contributed by atoms with van der Waals surface area (Å²) < 4.78 is 5.15. The highest BCUT2D eigenvalue weighted by Gasteiger charge is 2.15. The van der Waals surface area contributed by atoms with Gasteiger partial charge in [-0.2, -0.15) is 0 Å². The van der Waals surface area contributed by atoms with Gasteiger partial charge in [0.25, 0.3) is 0 Å². The molecule has 19 heavy (non-hydrogen) atoms. The molecule has 0 aliphatic heterocycles. The molecule has 0 aromatic rings. The van der Waals surface area contributed by atoms with Crippen LogP contribution in [0.25, 0.3) is 0 Å². The SMILES string of the molecule is CC(C)(C)OC(=O)CCCCCN.NCCCCN. The Hall–Kier alpha value is -0.650. The lowest BCUT2D eigenvalue weighted by Crippen LogP contribution is -2.23. The van der Waals surface area contributed by atoms with Crippen LogP contribution >= 0.6 is 0 Å².